The molecule has 0 unspecified atom stereocenters. The average molecular weight is 418 g/mol. The van der Waals surface area contributed by atoms with Crippen LogP contribution in [0.2, 0.25) is 0 Å². The number of hydrogen-bond donors (Lipinski definition) is 1. The van der Waals surface area contributed by atoms with Crippen molar-refractivity contribution < 1.29 is 4.79 Å². The summed E-state index contributed by atoms with van der Waals surface area (Å²) < 4.78 is 1.71. The van der Waals surface area contributed by atoms with Crippen LogP contribution in [-0.2, 0) is 4.79 Å². The van der Waals surface area contributed by atoms with Gasteiger partial charge in [0.2, 0.25) is 5.91 Å². The number of para-hydroxylation sites is 1. The number of nitrogens with one attached hydrogen (secondary N) is 1. The number of nitrogens with zero attached hydrogens (tertiary/aromatic N) is 2. The molecule has 4 rings (SSSR count). The number of hydrogen-bond acceptors (Lipinski definition) is 4. The molecule has 0 aliphatic carbocycles. The minimum atomic E-state index is -0.130. The molecule has 1 N–H and O–H groups in total. The first-order valence-electron chi connectivity index (χ1n) is 10.00. The fourth-order valence-corrected chi connectivity index (χ4v) is 4.35. The van der Waals surface area contributed by atoms with Crippen molar-refractivity contribution in [3.05, 3.63) is 77.1 Å². The number of carbonyl (C=O) groups is 1. The number of thioether (sulfide) groups is 1. The fraction of sp³-hybridized carbons (Fsp3) is 0.208. The maximum atomic E-state index is 13.0. The van der Waals surface area contributed by atoms with Crippen molar-refractivity contribution in [3.8, 4) is 0 Å². The molecule has 1 amide bonds. The number of rotatable bonds is 6. The summed E-state index contributed by atoms with van der Waals surface area (Å²) in [5.41, 5.74) is 1.37. The molecule has 5 nitrogen and oxygen atoms in total. The second-order valence-electron chi connectivity index (χ2n) is 7.21. The van der Waals surface area contributed by atoms with E-state index in [2.05, 4.69) is 10.3 Å². The zero-order valence-corrected chi connectivity index (χ0v) is 17.8. The maximum Gasteiger partial charge on any atom is 0.262 e. The summed E-state index contributed by atoms with van der Waals surface area (Å²) in [5, 5.41) is 6.24. The summed E-state index contributed by atoms with van der Waals surface area (Å²) in [6.07, 6.45) is 0.801. The van der Waals surface area contributed by atoms with Crippen molar-refractivity contribution in [2.45, 2.75) is 31.5 Å². The number of fused-ring (bicyclic) bond motifs is 2. The van der Waals surface area contributed by atoms with E-state index in [0.29, 0.717) is 16.1 Å². The van der Waals surface area contributed by atoms with Gasteiger partial charge in [0.15, 0.2) is 5.16 Å². The van der Waals surface area contributed by atoms with E-state index in [1.54, 1.807) is 10.6 Å². The number of aromatic nitrogens is 2. The molecule has 0 aliphatic heterocycles. The predicted octanol–water partition coefficient (Wildman–Crippen LogP) is 5.25. The van der Waals surface area contributed by atoms with E-state index in [0.717, 1.165) is 22.9 Å². The van der Waals surface area contributed by atoms with E-state index in [9.17, 15) is 9.59 Å². The van der Waals surface area contributed by atoms with Crippen LogP contribution in [-0.4, -0.2) is 21.2 Å². The van der Waals surface area contributed by atoms with Crippen molar-refractivity contribution in [2.24, 2.45) is 0 Å². The Morgan fingerprint density at radius 1 is 1.03 bits per heavy atom. The lowest BCUT2D eigenvalue weighted by atomic mass is 10.1. The first-order valence-corrected chi connectivity index (χ1v) is 11.0. The zero-order valence-electron chi connectivity index (χ0n) is 17.0. The van der Waals surface area contributed by atoms with Gasteiger partial charge in [-0.2, -0.15) is 0 Å². The summed E-state index contributed by atoms with van der Waals surface area (Å²) in [5.74, 6) is 0.0409. The van der Waals surface area contributed by atoms with Gasteiger partial charge in [-0.25, -0.2) is 4.98 Å². The van der Waals surface area contributed by atoms with E-state index in [-0.39, 0.29) is 23.3 Å². The quantitative estimate of drug-likeness (QED) is 0.344. The van der Waals surface area contributed by atoms with Crippen molar-refractivity contribution in [1.82, 2.24) is 9.55 Å². The Morgan fingerprint density at radius 2 is 1.73 bits per heavy atom. The van der Waals surface area contributed by atoms with Crippen LogP contribution in [0.15, 0.2) is 76.7 Å². The van der Waals surface area contributed by atoms with E-state index < -0.39 is 0 Å². The lowest BCUT2D eigenvalue weighted by molar-refractivity contribution is -0.113. The smallest absolute Gasteiger partial charge is 0.262 e. The number of anilines is 1. The normalized spacial score (nSPS) is 12.2. The van der Waals surface area contributed by atoms with Gasteiger partial charge in [0.1, 0.15) is 0 Å². The van der Waals surface area contributed by atoms with E-state index in [4.69, 9.17) is 0 Å². The second kappa shape index (κ2) is 8.71. The van der Waals surface area contributed by atoms with Gasteiger partial charge >= 0.3 is 0 Å². The minimum absolute atomic E-state index is 0.00163. The summed E-state index contributed by atoms with van der Waals surface area (Å²) >= 11 is 1.29. The van der Waals surface area contributed by atoms with Crippen LogP contribution in [0.5, 0.6) is 0 Å². The van der Waals surface area contributed by atoms with Gasteiger partial charge in [0.05, 0.1) is 16.7 Å². The summed E-state index contributed by atoms with van der Waals surface area (Å²) in [4.78, 5) is 30.4. The van der Waals surface area contributed by atoms with Crippen molar-refractivity contribution in [1.29, 1.82) is 0 Å². The molecule has 3 aromatic carbocycles. The molecule has 1 heterocycles. The molecule has 0 aliphatic rings. The molecule has 152 valence electrons. The van der Waals surface area contributed by atoms with E-state index in [1.165, 1.54) is 11.8 Å². The van der Waals surface area contributed by atoms with Crippen LogP contribution in [0.4, 0.5) is 5.69 Å². The molecule has 6 heteroatoms. The third kappa shape index (κ3) is 3.96. The molecule has 0 bridgehead atoms. The minimum Gasteiger partial charge on any atom is -0.325 e. The van der Waals surface area contributed by atoms with Gasteiger partial charge in [-0.3, -0.25) is 14.2 Å². The van der Waals surface area contributed by atoms with Crippen LogP contribution in [0.25, 0.3) is 21.7 Å². The Kier molecular flexibility index (Phi) is 5.86. The Labute approximate surface area is 179 Å². The molecule has 4 aromatic rings. The van der Waals surface area contributed by atoms with Crippen molar-refractivity contribution in [3.63, 3.8) is 0 Å². The molecule has 0 saturated heterocycles. The Bertz CT molecular complexity index is 1280. The predicted molar refractivity (Wildman–Crippen MR) is 124 cm³/mol. The number of carbonyl (C=O) groups excluding carboxylic acids is 1. The highest BCUT2D eigenvalue weighted by Gasteiger charge is 2.17. The third-order valence-corrected chi connectivity index (χ3v) is 6.16. The van der Waals surface area contributed by atoms with Crippen LogP contribution in [0, 0.1) is 0 Å². The van der Waals surface area contributed by atoms with Gasteiger partial charge in [-0.05, 0) is 36.9 Å². The van der Waals surface area contributed by atoms with E-state index in [1.807, 2.05) is 74.5 Å². The molecule has 30 heavy (non-hydrogen) atoms. The summed E-state index contributed by atoms with van der Waals surface area (Å²) in [7, 11) is 0. The first-order chi connectivity index (χ1) is 14.6. The van der Waals surface area contributed by atoms with Crippen LogP contribution in [0.3, 0.4) is 0 Å². The zero-order chi connectivity index (χ0) is 21.1. The van der Waals surface area contributed by atoms with Gasteiger partial charge in [0.25, 0.3) is 5.56 Å². The van der Waals surface area contributed by atoms with Crippen LogP contribution >= 0.6 is 11.8 Å². The molecule has 0 fully saturated rings. The number of benzene rings is 3. The van der Waals surface area contributed by atoms with Crippen LogP contribution in [0.1, 0.15) is 26.3 Å². The van der Waals surface area contributed by atoms with Gasteiger partial charge in [0, 0.05) is 17.1 Å². The summed E-state index contributed by atoms with van der Waals surface area (Å²) in [6, 6.07) is 21.1. The molecule has 0 spiro atoms. The third-order valence-electron chi connectivity index (χ3n) is 5.20. The maximum absolute atomic E-state index is 13.0. The monoisotopic (exact) mass is 417 g/mol. The van der Waals surface area contributed by atoms with Crippen molar-refractivity contribution >= 4 is 45.0 Å². The standard InChI is InChI=1S/C24H23N3O2S/c1-3-16(2)27-23(29)19-12-6-7-13-21(19)26-24(27)30-15-22(28)25-20-14-8-10-17-9-4-5-11-18(17)20/h4-14,16H,3,15H2,1-2H3,(H,25,28)/t16-/m1/s1. The fourth-order valence-electron chi connectivity index (χ4n) is 3.45. The van der Waals surface area contributed by atoms with Gasteiger partial charge in [-0.1, -0.05) is 67.2 Å². The molecule has 0 radical (unpaired) electrons. The Hall–Kier alpha value is -3.12. The van der Waals surface area contributed by atoms with Gasteiger partial charge in [-0.15, -0.1) is 0 Å². The molecule has 1 aromatic heterocycles. The highest BCUT2D eigenvalue weighted by Crippen LogP contribution is 2.25. The molecular formula is C24H23N3O2S. The number of amides is 1. The molecular weight excluding hydrogens is 394 g/mol. The topological polar surface area (TPSA) is 64.0 Å². The van der Waals surface area contributed by atoms with Crippen LogP contribution < -0.4 is 10.9 Å². The summed E-state index contributed by atoms with van der Waals surface area (Å²) in [6.45, 7) is 4.03. The second-order valence-corrected chi connectivity index (χ2v) is 8.15. The highest BCUT2D eigenvalue weighted by molar-refractivity contribution is 7.99. The van der Waals surface area contributed by atoms with Gasteiger partial charge < -0.3 is 5.32 Å². The highest BCUT2D eigenvalue weighted by atomic mass is 32.2. The first kappa shape index (κ1) is 20.2. The Balaban J connectivity index is 1.60. The largest absolute Gasteiger partial charge is 0.325 e. The van der Waals surface area contributed by atoms with E-state index >= 15 is 0 Å². The SMILES string of the molecule is CC[C@@H](C)n1c(SCC(=O)Nc2cccc3ccccc23)nc2ccccc2c1=O. The average Bonchev–Trinajstić information content (AvgIpc) is 2.77. The molecule has 0 saturated carbocycles. The van der Waals surface area contributed by atoms with Crippen molar-refractivity contribution in [2.75, 3.05) is 11.1 Å². The lowest BCUT2D eigenvalue weighted by Gasteiger charge is -2.18. The molecule has 1 atom stereocenters. The Morgan fingerprint density at radius 3 is 2.53 bits per heavy atom. The lowest BCUT2D eigenvalue weighted by Crippen LogP contribution is -2.26.